The maximum Gasteiger partial charge on any atom is 0.319 e. The van der Waals surface area contributed by atoms with Crippen LogP contribution < -0.4 is 9.64 Å². The molecule has 0 bridgehead atoms. The molecule has 12 heteroatoms. The zero-order valence-corrected chi connectivity index (χ0v) is 27.1. The molecule has 0 aliphatic carbocycles. The molecule has 0 radical (unpaired) electrons. The molecule has 7 rings (SSSR count). The Bertz CT molecular complexity index is 1960. The van der Waals surface area contributed by atoms with Crippen molar-refractivity contribution in [3.63, 3.8) is 0 Å². The van der Waals surface area contributed by atoms with Crippen molar-refractivity contribution < 1.29 is 18.3 Å². The van der Waals surface area contributed by atoms with Crippen molar-refractivity contribution >= 4 is 56.6 Å². The van der Waals surface area contributed by atoms with Crippen molar-refractivity contribution in [1.82, 2.24) is 19.8 Å². The van der Waals surface area contributed by atoms with Gasteiger partial charge in [0.05, 0.1) is 15.6 Å². The van der Waals surface area contributed by atoms with E-state index in [2.05, 4.69) is 21.3 Å². The largest absolute Gasteiger partial charge is 0.461 e. The predicted molar refractivity (Wildman–Crippen MR) is 180 cm³/mol. The van der Waals surface area contributed by atoms with E-state index in [4.69, 9.17) is 39.5 Å². The molecule has 47 heavy (non-hydrogen) atoms. The second kappa shape index (κ2) is 12.5. The van der Waals surface area contributed by atoms with Gasteiger partial charge in [0.2, 0.25) is 12.5 Å². The molecular weight excluding hydrogens is 645 g/mol. The van der Waals surface area contributed by atoms with Crippen molar-refractivity contribution in [2.24, 2.45) is 0 Å². The van der Waals surface area contributed by atoms with Gasteiger partial charge < -0.3 is 19.4 Å². The average molecular weight is 678 g/mol. The van der Waals surface area contributed by atoms with Crippen LogP contribution >= 0.6 is 23.2 Å². The minimum absolute atomic E-state index is 0.00699. The van der Waals surface area contributed by atoms with E-state index >= 15 is 4.39 Å². The lowest BCUT2D eigenvalue weighted by atomic mass is 9.95. The number of benzene rings is 3. The predicted octanol–water partition coefficient (Wildman–Crippen LogP) is 7.16. The number of halogens is 4. The molecular formula is C35H32Cl2F2N6O2. The topological polar surface area (TPSA) is 66.2 Å². The zero-order valence-electron chi connectivity index (χ0n) is 25.6. The number of carbonyl (C=O) groups excluding carboxylic acids is 1. The van der Waals surface area contributed by atoms with Gasteiger partial charge in [0.25, 0.3) is 0 Å². The van der Waals surface area contributed by atoms with Crippen LogP contribution in [0.1, 0.15) is 25.7 Å². The van der Waals surface area contributed by atoms with Gasteiger partial charge in [-0.15, -0.1) is 0 Å². The Balaban J connectivity index is 1.37. The van der Waals surface area contributed by atoms with Gasteiger partial charge in [-0.1, -0.05) is 54.0 Å². The van der Waals surface area contributed by atoms with Crippen molar-refractivity contribution in [2.75, 3.05) is 50.8 Å². The molecule has 0 spiro atoms. The molecule has 0 saturated carbocycles. The number of rotatable bonds is 7. The first-order chi connectivity index (χ1) is 22.7. The number of amides is 1. The number of fused-ring (bicyclic) bond motifs is 3. The third-order valence-electron chi connectivity index (χ3n) is 9.87. The van der Waals surface area contributed by atoms with E-state index in [1.807, 2.05) is 4.90 Å². The van der Waals surface area contributed by atoms with E-state index in [9.17, 15) is 9.18 Å². The summed E-state index contributed by atoms with van der Waals surface area (Å²) in [6, 6.07) is 9.23. The minimum Gasteiger partial charge on any atom is -0.461 e. The van der Waals surface area contributed by atoms with Crippen molar-refractivity contribution in [3.8, 4) is 17.1 Å². The van der Waals surface area contributed by atoms with Crippen molar-refractivity contribution in [1.29, 1.82) is 0 Å². The Labute approximate surface area is 281 Å². The molecule has 3 aliphatic heterocycles. The van der Waals surface area contributed by atoms with E-state index in [0.717, 1.165) is 38.8 Å². The van der Waals surface area contributed by atoms with Crippen LogP contribution in [0.4, 0.5) is 14.6 Å². The Hall–Kier alpha value is -4.04. The number of hydrogen-bond acceptors (Lipinski definition) is 6. The normalized spacial score (nSPS) is 19.3. The summed E-state index contributed by atoms with van der Waals surface area (Å²) in [5.41, 5.74) is 0.270. The minimum atomic E-state index is -0.714. The standard InChI is InChI=1S/C35H32Cl2F2N6O2/c1-3-27(46)45-16-15-43(19-22(45)18-40-2)33-24-17-25(36)29(23-8-4-7-21-9-10-26(38)30(37)28(21)23)31(39)32(24)41-34(42-33)47-20-35-11-5-13-44(35)14-6-12-35/h3-4,7-10,17,22H,1,5-6,11-16,18-20H2/t22-/m0/s1. The van der Waals surface area contributed by atoms with Gasteiger partial charge in [0.1, 0.15) is 29.8 Å². The van der Waals surface area contributed by atoms with Gasteiger partial charge in [0.15, 0.2) is 5.82 Å². The van der Waals surface area contributed by atoms with Crippen LogP contribution in [0.25, 0.3) is 37.6 Å². The van der Waals surface area contributed by atoms with Gasteiger partial charge in [-0.25, -0.2) is 15.4 Å². The summed E-state index contributed by atoms with van der Waals surface area (Å²) >= 11 is 13.3. The Morgan fingerprint density at radius 3 is 2.66 bits per heavy atom. The van der Waals surface area contributed by atoms with E-state index in [0.29, 0.717) is 47.2 Å². The molecule has 4 aromatic rings. The van der Waals surface area contributed by atoms with E-state index < -0.39 is 17.7 Å². The molecule has 242 valence electrons. The molecule has 1 amide bonds. The molecule has 3 fully saturated rings. The number of ether oxygens (including phenoxy) is 1. The van der Waals surface area contributed by atoms with Crippen LogP contribution in [-0.2, 0) is 4.79 Å². The molecule has 3 saturated heterocycles. The maximum atomic E-state index is 17.0. The lowest BCUT2D eigenvalue weighted by molar-refractivity contribution is -0.128. The highest BCUT2D eigenvalue weighted by atomic mass is 35.5. The number of aromatic nitrogens is 2. The Kier molecular flexibility index (Phi) is 8.41. The molecule has 8 nitrogen and oxygen atoms in total. The number of carbonyl (C=O) groups is 1. The average Bonchev–Trinajstić information content (AvgIpc) is 3.66. The van der Waals surface area contributed by atoms with Crippen LogP contribution in [-0.4, -0.2) is 83.1 Å². The molecule has 0 unspecified atom stereocenters. The lowest BCUT2D eigenvalue weighted by Gasteiger charge is -2.39. The molecule has 3 aromatic carbocycles. The Morgan fingerprint density at radius 1 is 1.13 bits per heavy atom. The maximum absolute atomic E-state index is 17.0. The highest BCUT2D eigenvalue weighted by Crippen LogP contribution is 2.44. The first-order valence-electron chi connectivity index (χ1n) is 15.7. The van der Waals surface area contributed by atoms with Crippen LogP contribution in [0.2, 0.25) is 10.0 Å². The van der Waals surface area contributed by atoms with Crippen LogP contribution in [0.15, 0.2) is 49.1 Å². The monoisotopic (exact) mass is 676 g/mol. The van der Waals surface area contributed by atoms with Gasteiger partial charge >= 0.3 is 6.01 Å². The molecule has 1 aromatic heterocycles. The lowest BCUT2D eigenvalue weighted by Crippen LogP contribution is -2.56. The SMILES string of the molecule is [C-]#[N+]C[C@H]1CN(c2nc(OCC34CCCN3CCC4)nc3c(F)c(-c4cccc5ccc(F)c(Cl)c45)c(Cl)cc23)CCN1C(=O)C=C. The number of piperazine rings is 1. The van der Waals surface area contributed by atoms with Crippen LogP contribution in [0, 0.1) is 18.2 Å². The summed E-state index contributed by atoms with van der Waals surface area (Å²) in [4.78, 5) is 31.6. The number of hydrogen-bond donors (Lipinski definition) is 0. The fourth-order valence-electron chi connectivity index (χ4n) is 7.61. The molecule has 0 N–H and O–H groups in total. The van der Waals surface area contributed by atoms with E-state index in [1.54, 1.807) is 35.2 Å². The summed E-state index contributed by atoms with van der Waals surface area (Å²) in [6.45, 7) is 14.6. The van der Waals surface area contributed by atoms with Crippen LogP contribution in [0.3, 0.4) is 0 Å². The third kappa shape index (κ3) is 5.44. The summed E-state index contributed by atoms with van der Waals surface area (Å²) in [7, 11) is 0. The second-order valence-electron chi connectivity index (χ2n) is 12.4. The smallest absolute Gasteiger partial charge is 0.319 e. The highest BCUT2D eigenvalue weighted by molar-refractivity contribution is 6.38. The van der Waals surface area contributed by atoms with Gasteiger partial charge in [-0.3, -0.25) is 9.69 Å². The molecule has 1 atom stereocenters. The fraction of sp³-hybridized carbons (Fsp3) is 0.371. The summed E-state index contributed by atoms with van der Waals surface area (Å²) < 4.78 is 38.0. The fourth-order valence-corrected chi connectivity index (χ4v) is 8.17. The first-order valence-corrected chi connectivity index (χ1v) is 16.5. The van der Waals surface area contributed by atoms with Gasteiger partial charge in [-0.2, -0.15) is 9.97 Å². The van der Waals surface area contributed by atoms with Gasteiger partial charge in [-0.05, 0) is 67.9 Å². The summed E-state index contributed by atoms with van der Waals surface area (Å²) in [5, 5.41) is 1.27. The van der Waals surface area contributed by atoms with E-state index in [-0.39, 0.29) is 51.7 Å². The number of anilines is 1. The first kappa shape index (κ1) is 31.6. The van der Waals surface area contributed by atoms with Crippen molar-refractivity contribution in [3.05, 3.63) is 82.2 Å². The highest BCUT2D eigenvalue weighted by Gasteiger charge is 2.45. The zero-order chi connectivity index (χ0) is 32.9. The quantitative estimate of drug-likeness (QED) is 0.153. The molecule has 3 aliphatic rings. The summed E-state index contributed by atoms with van der Waals surface area (Å²) in [6.07, 6.45) is 5.45. The van der Waals surface area contributed by atoms with Crippen LogP contribution in [0.5, 0.6) is 6.01 Å². The third-order valence-corrected chi connectivity index (χ3v) is 10.5. The Morgan fingerprint density at radius 2 is 1.91 bits per heavy atom. The summed E-state index contributed by atoms with van der Waals surface area (Å²) in [5.74, 6) is -1.20. The second-order valence-corrected chi connectivity index (χ2v) is 13.2. The van der Waals surface area contributed by atoms with E-state index in [1.165, 1.54) is 12.1 Å². The van der Waals surface area contributed by atoms with Crippen molar-refractivity contribution in [2.45, 2.75) is 37.3 Å². The van der Waals surface area contributed by atoms with Gasteiger partial charge in [0, 0.05) is 36.0 Å². The molecule has 4 heterocycles. The number of nitrogens with zero attached hydrogens (tertiary/aromatic N) is 6.